The number of benzene rings is 1. The van der Waals surface area contributed by atoms with Crippen molar-refractivity contribution in [1.29, 1.82) is 0 Å². The lowest BCUT2D eigenvalue weighted by Gasteiger charge is -2.16. The number of carbonyl (C=O) groups excluding carboxylic acids is 2. The Morgan fingerprint density at radius 2 is 2.29 bits per heavy atom. The van der Waals surface area contributed by atoms with Crippen molar-refractivity contribution in [3.05, 3.63) is 24.1 Å². The van der Waals surface area contributed by atoms with Gasteiger partial charge < -0.3 is 24.7 Å². The van der Waals surface area contributed by atoms with E-state index in [2.05, 4.69) is 15.6 Å². The van der Waals surface area contributed by atoms with Crippen molar-refractivity contribution in [3.63, 3.8) is 0 Å². The Morgan fingerprint density at radius 3 is 3.04 bits per heavy atom. The maximum Gasteiger partial charge on any atom is 0.317 e. The number of amides is 3. The van der Waals surface area contributed by atoms with Crippen molar-refractivity contribution in [2.24, 2.45) is 0 Å². The van der Waals surface area contributed by atoms with Gasteiger partial charge in [0, 0.05) is 32.1 Å². The molecule has 3 rings (SSSR count). The highest BCUT2D eigenvalue weighted by atomic mass is 16.5. The molecule has 1 fully saturated rings. The van der Waals surface area contributed by atoms with Crippen LogP contribution in [0.5, 0.6) is 5.75 Å². The number of methoxy groups -OCH3 is 1. The zero-order valence-electron chi connectivity index (χ0n) is 13.7. The molecule has 8 heteroatoms. The number of hydrogen-bond donors (Lipinski definition) is 2. The highest BCUT2D eigenvalue weighted by Gasteiger charge is 2.26. The largest absolute Gasteiger partial charge is 0.497 e. The standard InChI is InChI=1S/C16H20N4O4/c1-10(21)18-11-5-6-20(9-11)16(22)17-8-15-19-13-7-12(23-2)3-4-14(13)24-15/h3-4,7,11H,5-6,8-9H2,1-2H3,(H,17,22)(H,18,21)/t11-/m0/s1. The molecule has 0 saturated carbocycles. The predicted octanol–water partition coefficient (Wildman–Crippen LogP) is 1.26. The molecule has 2 aromatic rings. The number of nitrogens with one attached hydrogen (secondary N) is 2. The van der Waals surface area contributed by atoms with Crippen molar-refractivity contribution in [2.45, 2.75) is 25.9 Å². The summed E-state index contributed by atoms with van der Waals surface area (Å²) in [5.74, 6) is 1.06. The molecule has 0 aliphatic carbocycles. The molecule has 24 heavy (non-hydrogen) atoms. The molecule has 1 aliphatic rings. The summed E-state index contributed by atoms with van der Waals surface area (Å²) in [5, 5.41) is 5.62. The van der Waals surface area contributed by atoms with Crippen LogP contribution in [-0.4, -0.2) is 48.1 Å². The summed E-state index contributed by atoms with van der Waals surface area (Å²) in [6, 6.07) is 5.18. The lowest BCUT2D eigenvalue weighted by Crippen LogP contribution is -2.41. The van der Waals surface area contributed by atoms with E-state index in [0.29, 0.717) is 35.8 Å². The monoisotopic (exact) mass is 332 g/mol. The summed E-state index contributed by atoms with van der Waals surface area (Å²) in [6.07, 6.45) is 0.760. The minimum absolute atomic E-state index is 0.0186. The van der Waals surface area contributed by atoms with Gasteiger partial charge in [-0.2, -0.15) is 0 Å². The molecule has 128 valence electrons. The van der Waals surface area contributed by atoms with Crippen molar-refractivity contribution >= 4 is 23.0 Å². The summed E-state index contributed by atoms with van der Waals surface area (Å²) in [4.78, 5) is 29.2. The molecule has 0 bridgehead atoms. The highest BCUT2D eigenvalue weighted by molar-refractivity contribution is 5.76. The van der Waals surface area contributed by atoms with Crippen molar-refractivity contribution in [3.8, 4) is 5.75 Å². The Kier molecular flexibility index (Phi) is 4.54. The third-order valence-corrected chi connectivity index (χ3v) is 3.91. The molecule has 0 radical (unpaired) electrons. The van der Waals surface area contributed by atoms with Crippen LogP contribution in [0.25, 0.3) is 11.1 Å². The van der Waals surface area contributed by atoms with E-state index in [0.717, 1.165) is 6.42 Å². The fraction of sp³-hybridized carbons (Fsp3) is 0.438. The van der Waals surface area contributed by atoms with Gasteiger partial charge in [-0.05, 0) is 18.6 Å². The van der Waals surface area contributed by atoms with Crippen molar-refractivity contribution in [1.82, 2.24) is 20.5 Å². The van der Waals surface area contributed by atoms with E-state index < -0.39 is 0 Å². The average Bonchev–Trinajstić information content (AvgIpc) is 3.17. The number of urea groups is 1. The number of nitrogens with zero attached hydrogens (tertiary/aromatic N) is 2. The number of aromatic nitrogens is 1. The molecule has 2 N–H and O–H groups in total. The molecule has 8 nitrogen and oxygen atoms in total. The number of fused-ring (bicyclic) bond motifs is 1. The van der Waals surface area contributed by atoms with Crippen LogP contribution < -0.4 is 15.4 Å². The first-order valence-electron chi connectivity index (χ1n) is 7.78. The number of likely N-dealkylation sites (tertiary alicyclic amines) is 1. The van der Waals surface area contributed by atoms with Crippen LogP contribution >= 0.6 is 0 Å². The van der Waals surface area contributed by atoms with E-state index in [1.54, 1.807) is 30.2 Å². The van der Waals surface area contributed by atoms with Gasteiger partial charge in [-0.15, -0.1) is 0 Å². The van der Waals surface area contributed by atoms with Crippen molar-refractivity contribution < 1.29 is 18.7 Å². The van der Waals surface area contributed by atoms with Crippen LogP contribution in [-0.2, 0) is 11.3 Å². The van der Waals surface area contributed by atoms with Gasteiger partial charge in [-0.1, -0.05) is 0 Å². The molecule has 2 heterocycles. The van der Waals surface area contributed by atoms with Gasteiger partial charge in [0.05, 0.1) is 13.7 Å². The Labute approximate surface area is 139 Å². The van der Waals surface area contributed by atoms with Crippen LogP contribution in [0.4, 0.5) is 4.79 Å². The lowest BCUT2D eigenvalue weighted by atomic mass is 10.3. The first-order chi connectivity index (χ1) is 11.5. The van der Waals surface area contributed by atoms with E-state index in [1.165, 1.54) is 6.92 Å². The summed E-state index contributed by atoms with van der Waals surface area (Å²) in [6.45, 7) is 2.81. The van der Waals surface area contributed by atoms with E-state index in [4.69, 9.17) is 9.15 Å². The predicted molar refractivity (Wildman–Crippen MR) is 86.6 cm³/mol. The zero-order valence-corrected chi connectivity index (χ0v) is 13.7. The second-order valence-corrected chi connectivity index (χ2v) is 5.73. The maximum absolute atomic E-state index is 12.2. The second kappa shape index (κ2) is 6.77. The van der Waals surface area contributed by atoms with Crippen LogP contribution in [0, 0.1) is 0 Å². The molecule has 0 unspecified atom stereocenters. The molecule has 0 spiro atoms. The molecule has 1 aromatic heterocycles. The normalized spacial score (nSPS) is 17.1. The van der Waals surface area contributed by atoms with Gasteiger partial charge in [0.15, 0.2) is 5.58 Å². The SMILES string of the molecule is COc1ccc2oc(CNC(=O)N3CC[C@H](NC(C)=O)C3)nc2c1. The number of rotatable bonds is 4. The minimum Gasteiger partial charge on any atom is -0.497 e. The van der Waals surface area contributed by atoms with Crippen LogP contribution in [0.15, 0.2) is 22.6 Å². The number of carbonyl (C=O) groups is 2. The second-order valence-electron chi connectivity index (χ2n) is 5.73. The fourth-order valence-electron chi connectivity index (χ4n) is 2.77. The molecule has 1 aliphatic heterocycles. The lowest BCUT2D eigenvalue weighted by molar-refractivity contribution is -0.119. The smallest absolute Gasteiger partial charge is 0.317 e. The van der Waals surface area contributed by atoms with Gasteiger partial charge in [0.1, 0.15) is 11.3 Å². The Hall–Kier alpha value is -2.77. The fourth-order valence-corrected chi connectivity index (χ4v) is 2.77. The van der Waals surface area contributed by atoms with Gasteiger partial charge in [0.25, 0.3) is 0 Å². The quantitative estimate of drug-likeness (QED) is 0.878. The molecule has 1 atom stereocenters. The van der Waals surface area contributed by atoms with Gasteiger partial charge in [0.2, 0.25) is 11.8 Å². The molecular weight excluding hydrogens is 312 g/mol. The summed E-state index contributed by atoms with van der Waals surface area (Å²) in [5.41, 5.74) is 1.33. The number of hydrogen-bond acceptors (Lipinski definition) is 5. The first kappa shape index (κ1) is 16.1. The Bertz CT molecular complexity index is 758. The van der Waals surface area contributed by atoms with Gasteiger partial charge in [-0.3, -0.25) is 4.79 Å². The van der Waals surface area contributed by atoms with Gasteiger partial charge in [-0.25, -0.2) is 9.78 Å². The van der Waals surface area contributed by atoms with Crippen LogP contribution in [0.1, 0.15) is 19.2 Å². The summed E-state index contributed by atoms with van der Waals surface area (Å²) >= 11 is 0. The van der Waals surface area contributed by atoms with E-state index in [1.807, 2.05) is 0 Å². The molecule has 1 aromatic carbocycles. The highest BCUT2D eigenvalue weighted by Crippen LogP contribution is 2.21. The number of oxazole rings is 1. The van der Waals surface area contributed by atoms with Crippen LogP contribution in [0.2, 0.25) is 0 Å². The van der Waals surface area contributed by atoms with E-state index >= 15 is 0 Å². The summed E-state index contributed by atoms with van der Waals surface area (Å²) in [7, 11) is 1.59. The number of ether oxygens (including phenoxy) is 1. The zero-order chi connectivity index (χ0) is 17.1. The van der Waals surface area contributed by atoms with E-state index in [-0.39, 0.29) is 24.5 Å². The molecular formula is C16H20N4O4. The Balaban J connectivity index is 1.55. The Morgan fingerprint density at radius 1 is 1.46 bits per heavy atom. The minimum atomic E-state index is -0.192. The molecule has 1 saturated heterocycles. The maximum atomic E-state index is 12.2. The molecule has 3 amide bonds. The van der Waals surface area contributed by atoms with E-state index in [9.17, 15) is 9.59 Å². The third kappa shape index (κ3) is 3.58. The topological polar surface area (TPSA) is 96.7 Å². The summed E-state index contributed by atoms with van der Waals surface area (Å²) < 4.78 is 10.7. The van der Waals surface area contributed by atoms with Crippen molar-refractivity contribution in [2.75, 3.05) is 20.2 Å². The first-order valence-corrected chi connectivity index (χ1v) is 7.78. The third-order valence-electron chi connectivity index (χ3n) is 3.91. The van der Waals surface area contributed by atoms with Gasteiger partial charge >= 0.3 is 6.03 Å². The van der Waals surface area contributed by atoms with Crippen LogP contribution in [0.3, 0.4) is 0 Å². The average molecular weight is 332 g/mol.